The van der Waals surface area contributed by atoms with Gasteiger partial charge in [-0.25, -0.2) is 4.98 Å². The lowest BCUT2D eigenvalue weighted by atomic mass is 10.2. The molecule has 0 aliphatic heterocycles. The Labute approximate surface area is 157 Å². The molecule has 1 aromatic carbocycles. The van der Waals surface area contributed by atoms with Crippen LogP contribution in [0.25, 0.3) is 10.9 Å². The average Bonchev–Trinajstić information content (AvgIpc) is 3.35. The highest BCUT2D eigenvalue weighted by molar-refractivity contribution is 5.83. The first-order valence-corrected chi connectivity index (χ1v) is 8.84. The van der Waals surface area contributed by atoms with Crippen LogP contribution in [0.15, 0.2) is 46.4 Å². The molecule has 0 unspecified atom stereocenters. The van der Waals surface area contributed by atoms with Crippen molar-refractivity contribution >= 4 is 39.7 Å². The second-order valence-electron chi connectivity index (χ2n) is 6.73. The molecule has 1 aliphatic rings. The summed E-state index contributed by atoms with van der Waals surface area (Å²) < 4.78 is 0. The van der Waals surface area contributed by atoms with Gasteiger partial charge in [0, 0.05) is 23.4 Å². The number of nitrogens with zero attached hydrogens (tertiary/aromatic N) is 3. The number of nitroso groups, excluding NO2 is 1. The summed E-state index contributed by atoms with van der Waals surface area (Å²) in [4.78, 5) is 27.2. The van der Waals surface area contributed by atoms with Crippen molar-refractivity contribution < 1.29 is 0 Å². The molecule has 5 N–H and O–H groups in total. The minimum absolute atomic E-state index is 0.175. The summed E-state index contributed by atoms with van der Waals surface area (Å²) in [6, 6.07) is 10.4. The van der Waals surface area contributed by atoms with E-state index in [4.69, 9.17) is 0 Å². The molecule has 4 aromatic rings. The van der Waals surface area contributed by atoms with Gasteiger partial charge in [-0.1, -0.05) is 0 Å². The van der Waals surface area contributed by atoms with E-state index in [1.54, 1.807) is 30.3 Å². The minimum atomic E-state index is -0.189. The highest BCUT2D eigenvalue weighted by Gasteiger charge is 2.25. The molecule has 3 aromatic heterocycles. The summed E-state index contributed by atoms with van der Waals surface area (Å²) >= 11 is 0. The number of rotatable bonds is 6. The van der Waals surface area contributed by atoms with Crippen LogP contribution < -0.4 is 16.2 Å². The molecule has 0 saturated heterocycles. The first kappa shape index (κ1) is 16.2. The van der Waals surface area contributed by atoms with E-state index in [1.807, 2.05) is 6.07 Å². The Morgan fingerprint density at radius 1 is 1.04 bits per heavy atom. The predicted molar refractivity (Wildman–Crippen MR) is 106 cm³/mol. The summed E-state index contributed by atoms with van der Waals surface area (Å²) in [7, 11) is 0. The molecule has 1 fully saturated rings. The first-order chi connectivity index (χ1) is 13.7. The number of aromatic nitrogens is 5. The Hall–Kier alpha value is -3.95. The van der Waals surface area contributed by atoms with Crippen molar-refractivity contribution in [3.63, 3.8) is 0 Å². The number of fused-ring (bicyclic) bond motifs is 1. The highest BCUT2D eigenvalue weighted by atomic mass is 16.3. The molecule has 0 bridgehead atoms. The lowest BCUT2D eigenvalue weighted by Gasteiger charge is -2.09. The smallest absolute Gasteiger partial charge is 0.271 e. The van der Waals surface area contributed by atoms with Gasteiger partial charge in [0.1, 0.15) is 5.82 Å². The average molecular weight is 376 g/mol. The van der Waals surface area contributed by atoms with Gasteiger partial charge in [-0.3, -0.25) is 20.1 Å². The first-order valence-electron chi connectivity index (χ1n) is 8.84. The van der Waals surface area contributed by atoms with Crippen LogP contribution in [-0.2, 0) is 0 Å². The van der Waals surface area contributed by atoms with Gasteiger partial charge in [0.2, 0.25) is 0 Å². The normalized spacial score (nSPS) is 13.6. The monoisotopic (exact) mass is 376 g/mol. The Kier molecular flexibility index (Phi) is 3.68. The van der Waals surface area contributed by atoms with Gasteiger partial charge in [0.25, 0.3) is 5.56 Å². The van der Waals surface area contributed by atoms with Gasteiger partial charge < -0.3 is 10.6 Å². The predicted octanol–water partition coefficient (Wildman–Crippen LogP) is 3.74. The molecule has 5 rings (SSSR count). The van der Waals surface area contributed by atoms with E-state index >= 15 is 0 Å². The van der Waals surface area contributed by atoms with Gasteiger partial charge in [0.05, 0.1) is 10.9 Å². The highest BCUT2D eigenvalue weighted by Crippen LogP contribution is 2.39. The topological polar surface area (TPSA) is 144 Å². The molecule has 10 nitrogen and oxygen atoms in total. The quantitative estimate of drug-likeness (QED) is 0.324. The van der Waals surface area contributed by atoms with Crippen LogP contribution in [-0.4, -0.2) is 25.4 Å². The van der Waals surface area contributed by atoms with Crippen molar-refractivity contribution in [3.05, 3.63) is 57.4 Å². The van der Waals surface area contributed by atoms with Crippen LogP contribution >= 0.6 is 0 Å². The molecule has 1 saturated carbocycles. The summed E-state index contributed by atoms with van der Waals surface area (Å²) in [6.45, 7) is 0. The summed E-state index contributed by atoms with van der Waals surface area (Å²) in [5, 5.41) is 22.4. The largest absolute Gasteiger partial charge is 0.338 e. The Balaban J connectivity index is 1.42. The van der Waals surface area contributed by atoms with Crippen molar-refractivity contribution in [2.75, 3.05) is 10.6 Å². The van der Waals surface area contributed by atoms with Crippen LogP contribution in [0.1, 0.15) is 24.5 Å². The zero-order valence-electron chi connectivity index (χ0n) is 14.6. The van der Waals surface area contributed by atoms with Crippen molar-refractivity contribution in [2.24, 2.45) is 5.18 Å². The third-order valence-corrected chi connectivity index (χ3v) is 4.68. The van der Waals surface area contributed by atoms with Crippen LogP contribution in [0.5, 0.6) is 0 Å². The van der Waals surface area contributed by atoms with Gasteiger partial charge >= 0.3 is 0 Å². The van der Waals surface area contributed by atoms with Gasteiger partial charge in [-0.05, 0) is 48.4 Å². The Bertz CT molecular complexity index is 1230. The standard InChI is InChI=1S/C18H16N8O2/c27-18-11-4-3-10(7-14(11)23-25-18)19-17-12(26-28)5-6-15(21-17)20-16-8-13(22-24-16)9-1-2-9/h3-9H,1-2H2,(H2,23,25,27)(H3,19,20,21,22,24). The SMILES string of the molecule is O=Nc1ccc(Nc2cc(C3CC3)[nH]n2)nc1Nc1ccc2c(=O)[nH][nH]c2c1. The number of H-pyrrole nitrogens is 3. The van der Waals surface area contributed by atoms with Gasteiger partial charge in [-0.2, -0.15) is 5.10 Å². The molecule has 28 heavy (non-hydrogen) atoms. The number of anilines is 4. The van der Waals surface area contributed by atoms with Crippen molar-refractivity contribution in [3.8, 4) is 0 Å². The van der Waals surface area contributed by atoms with E-state index in [1.165, 1.54) is 12.8 Å². The lowest BCUT2D eigenvalue weighted by Crippen LogP contribution is -1.99. The third kappa shape index (κ3) is 3.00. The van der Waals surface area contributed by atoms with E-state index in [-0.39, 0.29) is 11.2 Å². The van der Waals surface area contributed by atoms with Crippen molar-refractivity contribution in [1.29, 1.82) is 0 Å². The fraction of sp³-hybridized carbons (Fsp3) is 0.167. The fourth-order valence-corrected chi connectivity index (χ4v) is 3.07. The number of aromatic amines is 3. The zero-order valence-corrected chi connectivity index (χ0v) is 14.6. The molecular weight excluding hydrogens is 360 g/mol. The number of hydrogen-bond acceptors (Lipinski definition) is 7. The number of benzene rings is 1. The van der Waals surface area contributed by atoms with Crippen molar-refractivity contribution in [1.82, 2.24) is 25.4 Å². The van der Waals surface area contributed by atoms with E-state index in [0.717, 1.165) is 5.69 Å². The van der Waals surface area contributed by atoms with Crippen LogP contribution in [0, 0.1) is 4.91 Å². The number of pyridine rings is 1. The number of nitrogens with one attached hydrogen (secondary N) is 5. The third-order valence-electron chi connectivity index (χ3n) is 4.68. The molecule has 0 spiro atoms. The van der Waals surface area contributed by atoms with E-state index < -0.39 is 0 Å². The maximum Gasteiger partial charge on any atom is 0.271 e. The minimum Gasteiger partial charge on any atom is -0.338 e. The maximum absolute atomic E-state index is 11.6. The molecule has 3 heterocycles. The molecule has 0 atom stereocenters. The lowest BCUT2D eigenvalue weighted by molar-refractivity contribution is 0.966. The van der Waals surface area contributed by atoms with Crippen LogP contribution in [0.3, 0.4) is 0 Å². The molecule has 10 heteroatoms. The van der Waals surface area contributed by atoms with Crippen LogP contribution in [0.4, 0.5) is 28.8 Å². The van der Waals surface area contributed by atoms with Crippen molar-refractivity contribution in [2.45, 2.75) is 18.8 Å². The van der Waals surface area contributed by atoms with Crippen LogP contribution in [0.2, 0.25) is 0 Å². The molecule has 0 amide bonds. The maximum atomic E-state index is 11.6. The van der Waals surface area contributed by atoms with Gasteiger partial charge in [0.15, 0.2) is 17.3 Å². The Morgan fingerprint density at radius 2 is 1.93 bits per heavy atom. The molecule has 0 radical (unpaired) electrons. The summed E-state index contributed by atoms with van der Waals surface area (Å²) in [5.41, 5.74) is 2.41. The van der Waals surface area contributed by atoms with E-state index in [9.17, 15) is 9.70 Å². The van der Waals surface area contributed by atoms with E-state index in [0.29, 0.717) is 40.0 Å². The molecule has 140 valence electrons. The molecule has 1 aliphatic carbocycles. The Morgan fingerprint density at radius 3 is 2.75 bits per heavy atom. The van der Waals surface area contributed by atoms with E-state index in [2.05, 4.69) is 41.2 Å². The second-order valence-corrected chi connectivity index (χ2v) is 6.73. The number of hydrogen-bond donors (Lipinski definition) is 5. The zero-order chi connectivity index (χ0) is 19.1. The fourth-order valence-electron chi connectivity index (χ4n) is 3.07. The van der Waals surface area contributed by atoms with Gasteiger partial charge in [-0.15, -0.1) is 4.91 Å². The second kappa shape index (κ2) is 6.34. The molecular formula is C18H16N8O2. The summed E-state index contributed by atoms with van der Waals surface area (Å²) in [5.74, 6) is 2.07. The summed E-state index contributed by atoms with van der Waals surface area (Å²) in [6.07, 6.45) is 2.37.